The number of nitrogens with two attached hydrogens (primary N) is 1. The Balaban J connectivity index is 1.55. The Labute approximate surface area is 165 Å². The van der Waals surface area contributed by atoms with Gasteiger partial charge in [0.05, 0.1) is 24.8 Å². The van der Waals surface area contributed by atoms with E-state index in [0.29, 0.717) is 17.3 Å². The molecule has 1 aliphatic rings. The van der Waals surface area contributed by atoms with Gasteiger partial charge in [-0.15, -0.1) is 5.10 Å². The van der Waals surface area contributed by atoms with Gasteiger partial charge in [-0.3, -0.25) is 4.79 Å². The van der Waals surface area contributed by atoms with E-state index in [4.69, 9.17) is 14.9 Å². The fourth-order valence-electron chi connectivity index (χ4n) is 2.92. The second-order valence-electron chi connectivity index (χ2n) is 6.04. The summed E-state index contributed by atoms with van der Waals surface area (Å²) in [5.74, 6) is 1.63. The standard InChI is InChI=1S/C18H18N6O3S/c1-26-12-6-4-11(5-7-12)13-9-14(15-3-2-8-27-15)24(23-13)16(25)10-28-18-20-17(19)21-22-18/h2-8,14H,9-10H2,1H3,(H3,19,20,21,22). The number of nitrogen functional groups attached to an aromatic ring is 1. The van der Waals surface area contributed by atoms with Crippen molar-refractivity contribution in [3.63, 3.8) is 0 Å². The molecule has 0 spiro atoms. The van der Waals surface area contributed by atoms with Crippen LogP contribution < -0.4 is 10.5 Å². The molecule has 1 unspecified atom stereocenters. The van der Waals surface area contributed by atoms with Gasteiger partial charge in [0.15, 0.2) is 0 Å². The van der Waals surface area contributed by atoms with E-state index < -0.39 is 0 Å². The van der Waals surface area contributed by atoms with Crippen LogP contribution in [0.15, 0.2) is 57.3 Å². The van der Waals surface area contributed by atoms with Crippen LogP contribution in [0.4, 0.5) is 5.95 Å². The minimum atomic E-state index is -0.294. The number of methoxy groups -OCH3 is 1. The zero-order chi connectivity index (χ0) is 19.5. The van der Waals surface area contributed by atoms with Crippen molar-refractivity contribution in [3.05, 3.63) is 54.0 Å². The number of hydrogen-bond donors (Lipinski definition) is 2. The number of hydrazone groups is 1. The third-order valence-electron chi connectivity index (χ3n) is 4.27. The third kappa shape index (κ3) is 3.72. The first-order chi connectivity index (χ1) is 13.6. The topological polar surface area (TPSA) is 123 Å². The van der Waals surface area contributed by atoms with E-state index >= 15 is 0 Å². The Morgan fingerprint density at radius 1 is 1.39 bits per heavy atom. The summed E-state index contributed by atoms with van der Waals surface area (Å²) in [7, 11) is 1.62. The molecule has 1 amide bonds. The first kappa shape index (κ1) is 18.1. The van der Waals surface area contributed by atoms with E-state index in [2.05, 4.69) is 20.3 Å². The van der Waals surface area contributed by atoms with Crippen molar-refractivity contribution in [1.29, 1.82) is 0 Å². The van der Waals surface area contributed by atoms with Gasteiger partial charge in [0.25, 0.3) is 5.91 Å². The number of carbonyl (C=O) groups excluding carboxylic acids is 1. The molecule has 2 aromatic heterocycles. The minimum Gasteiger partial charge on any atom is -0.497 e. The fourth-order valence-corrected chi connectivity index (χ4v) is 3.57. The van der Waals surface area contributed by atoms with Crippen LogP contribution >= 0.6 is 11.8 Å². The maximum absolute atomic E-state index is 12.8. The number of carbonyl (C=O) groups is 1. The number of anilines is 1. The molecule has 144 valence electrons. The summed E-state index contributed by atoms with van der Waals surface area (Å²) >= 11 is 1.20. The largest absolute Gasteiger partial charge is 0.497 e. The Bertz CT molecular complexity index is 983. The van der Waals surface area contributed by atoms with E-state index in [1.807, 2.05) is 30.3 Å². The van der Waals surface area contributed by atoms with Crippen LogP contribution in [-0.2, 0) is 4.79 Å². The van der Waals surface area contributed by atoms with Gasteiger partial charge < -0.3 is 14.9 Å². The lowest BCUT2D eigenvalue weighted by Gasteiger charge is -2.19. The molecule has 0 fully saturated rings. The summed E-state index contributed by atoms with van der Waals surface area (Å²) in [6.45, 7) is 0. The Morgan fingerprint density at radius 2 is 2.21 bits per heavy atom. The third-order valence-corrected chi connectivity index (χ3v) is 5.10. The quantitative estimate of drug-likeness (QED) is 0.611. The Hall–Kier alpha value is -3.27. The van der Waals surface area contributed by atoms with Gasteiger partial charge in [0.1, 0.15) is 17.6 Å². The van der Waals surface area contributed by atoms with Crippen LogP contribution in [0.3, 0.4) is 0 Å². The highest BCUT2D eigenvalue weighted by Crippen LogP contribution is 2.34. The molecule has 1 aromatic carbocycles. The van der Waals surface area contributed by atoms with Crippen LogP contribution in [0, 0.1) is 0 Å². The number of nitrogens with zero attached hydrogens (tertiary/aromatic N) is 4. The van der Waals surface area contributed by atoms with E-state index in [0.717, 1.165) is 17.0 Å². The molecule has 0 aliphatic carbocycles. The lowest BCUT2D eigenvalue weighted by atomic mass is 10.0. The van der Waals surface area contributed by atoms with Crippen molar-refractivity contribution in [1.82, 2.24) is 20.2 Å². The Kier molecular flexibility index (Phi) is 5.02. The molecular formula is C18H18N6O3S. The maximum Gasteiger partial charge on any atom is 0.253 e. The minimum absolute atomic E-state index is 0.133. The number of thioether (sulfide) groups is 1. The van der Waals surface area contributed by atoms with E-state index in [1.54, 1.807) is 19.4 Å². The number of rotatable bonds is 6. The number of aromatic nitrogens is 3. The maximum atomic E-state index is 12.8. The van der Waals surface area contributed by atoms with Gasteiger partial charge in [-0.25, -0.2) is 10.1 Å². The van der Waals surface area contributed by atoms with E-state index in [-0.39, 0.29) is 23.7 Å². The molecule has 3 aromatic rings. The zero-order valence-corrected chi connectivity index (χ0v) is 15.8. The molecule has 0 bridgehead atoms. The van der Waals surface area contributed by atoms with Crippen LogP contribution in [0.2, 0.25) is 0 Å². The lowest BCUT2D eigenvalue weighted by molar-refractivity contribution is -0.130. The Morgan fingerprint density at radius 3 is 2.86 bits per heavy atom. The number of ether oxygens (including phenoxy) is 1. The van der Waals surface area contributed by atoms with Crippen molar-refractivity contribution < 1.29 is 13.9 Å². The van der Waals surface area contributed by atoms with Gasteiger partial charge in [-0.2, -0.15) is 10.1 Å². The van der Waals surface area contributed by atoms with Gasteiger partial charge in [0.2, 0.25) is 11.1 Å². The highest BCUT2D eigenvalue weighted by Gasteiger charge is 2.34. The smallest absolute Gasteiger partial charge is 0.253 e. The second kappa shape index (κ2) is 7.77. The highest BCUT2D eigenvalue weighted by molar-refractivity contribution is 7.99. The van der Waals surface area contributed by atoms with Crippen molar-refractivity contribution >= 4 is 29.3 Å². The SMILES string of the molecule is COc1ccc(C2=NN(C(=O)CSc3n[nH]c(N)n3)C(c3ccco3)C2)cc1. The predicted octanol–water partition coefficient (Wildman–Crippen LogP) is 2.46. The summed E-state index contributed by atoms with van der Waals surface area (Å²) in [6.07, 6.45) is 2.15. The molecule has 28 heavy (non-hydrogen) atoms. The zero-order valence-electron chi connectivity index (χ0n) is 15.0. The van der Waals surface area contributed by atoms with Gasteiger partial charge in [-0.05, 0) is 42.0 Å². The van der Waals surface area contributed by atoms with Crippen molar-refractivity contribution in [2.45, 2.75) is 17.6 Å². The normalized spacial score (nSPS) is 16.2. The van der Waals surface area contributed by atoms with Crippen LogP contribution in [0.25, 0.3) is 0 Å². The molecule has 4 rings (SSSR count). The van der Waals surface area contributed by atoms with Crippen molar-refractivity contribution in [2.24, 2.45) is 5.10 Å². The summed E-state index contributed by atoms with van der Waals surface area (Å²) in [5, 5.41) is 12.9. The number of benzene rings is 1. The monoisotopic (exact) mass is 398 g/mol. The highest BCUT2D eigenvalue weighted by atomic mass is 32.2. The number of H-pyrrole nitrogens is 1. The molecule has 3 N–H and O–H groups in total. The number of aromatic amines is 1. The van der Waals surface area contributed by atoms with Crippen LogP contribution in [-0.4, -0.2) is 44.7 Å². The molecule has 0 saturated carbocycles. The number of hydrogen-bond acceptors (Lipinski definition) is 8. The lowest BCUT2D eigenvalue weighted by Crippen LogP contribution is -2.28. The average Bonchev–Trinajstić information content (AvgIpc) is 3.46. The first-order valence-corrected chi connectivity index (χ1v) is 9.50. The summed E-state index contributed by atoms with van der Waals surface area (Å²) in [5.41, 5.74) is 7.26. The van der Waals surface area contributed by atoms with E-state index in [1.165, 1.54) is 16.8 Å². The summed E-state index contributed by atoms with van der Waals surface area (Å²) in [6, 6.07) is 10.9. The van der Waals surface area contributed by atoms with E-state index in [9.17, 15) is 4.79 Å². The molecule has 1 atom stereocenters. The predicted molar refractivity (Wildman–Crippen MR) is 104 cm³/mol. The number of amides is 1. The van der Waals surface area contributed by atoms with Gasteiger partial charge >= 0.3 is 0 Å². The average molecular weight is 398 g/mol. The number of nitrogens with one attached hydrogen (secondary N) is 1. The van der Waals surface area contributed by atoms with Crippen LogP contribution in [0.1, 0.15) is 23.8 Å². The van der Waals surface area contributed by atoms with Crippen molar-refractivity contribution in [2.75, 3.05) is 18.6 Å². The molecular weight excluding hydrogens is 380 g/mol. The molecule has 3 heterocycles. The molecule has 0 radical (unpaired) electrons. The fraction of sp³-hybridized carbons (Fsp3) is 0.222. The van der Waals surface area contributed by atoms with Gasteiger partial charge in [-0.1, -0.05) is 11.8 Å². The summed E-state index contributed by atoms with van der Waals surface area (Å²) < 4.78 is 10.7. The van der Waals surface area contributed by atoms with Gasteiger partial charge in [0, 0.05) is 6.42 Å². The second-order valence-corrected chi connectivity index (χ2v) is 6.98. The molecule has 9 nitrogen and oxygen atoms in total. The van der Waals surface area contributed by atoms with Crippen molar-refractivity contribution in [3.8, 4) is 5.75 Å². The first-order valence-electron chi connectivity index (χ1n) is 8.52. The summed E-state index contributed by atoms with van der Waals surface area (Å²) in [4.78, 5) is 16.8. The molecule has 1 aliphatic heterocycles. The number of furan rings is 1. The van der Waals surface area contributed by atoms with Crippen LogP contribution in [0.5, 0.6) is 5.75 Å². The molecule has 0 saturated heterocycles. The molecule has 10 heteroatoms.